The molecule has 0 amide bonds. The first-order valence-electron chi connectivity index (χ1n) is 5.01. The monoisotopic (exact) mass is 239 g/mol. The number of rotatable bonds is 3. The van der Waals surface area contributed by atoms with Crippen molar-refractivity contribution in [3.63, 3.8) is 0 Å². The van der Waals surface area contributed by atoms with Gasteiger partial charge in [0.2, 0.25) is 0 Å². The van der Waals surface area contributed by atoms with Gasteiger partial charge in [-0.1, -0.05) is 0 Å². The standard InChI is InChI=1S/C12H11F2NO2/c1-3-17-12(16)10-5-8(6-15)4-9(7(10)2)11(13)14/h4-5,11H,3H2,1-2H3. The molecule has 1 aromatic carbocycles. The zero-order valence-electron chi connectivity index (χ0n) is 9.46. The van der Waals surface area contributed by atoms with Crippen LogP contribution in [0.1, 0.15) is 40.4 Å². The predicted octanol–water partition coefficient (Wildman–Crippen LogP) is 2.98. The third-order valence-corrected chi connectivity index (χ3v) is 2.31. The lowest BCUT2D eigenvalue weighted by Gasteiger charge is -2.10. The summed E-state index contributed by atoms with van der Waals surface area (Å²) in [4.78, 5) is 11.5. The molecule has 0 aliphatic carbocycles. The van der Waals surface area contributed by atoms with Crippen LogP contribution in [0.3, 0.4) is 0 Å². The summed E-state index contributed by atoms with van der Waals surface area (Å²) in [6, 6.07) is 4.09. The normalized spacial score (nSPS) is 10.1. The highest BCUT2D eigenvalue weighted by atomic mass is 19.3. The molecule has 0 heterocycles. The lowest BCUT2D eigenvalue weighted by atomic mass is 9.99. The van der Waals surface area contributed by atoms with E-state index < -0.39 is 12.4 Å². The second-order valence-corrected chi connectivity index (χ2v) is 3.37. The number of hydrogen-bond acceptors (Lipinski definition) is 3. The van der Waals surface area contributed by atoms with Crippen LogP contribution in [0.25, 0.3) is 0 Å². The molecular weight excluding hydrogens is 228 g/mol. The Bertz CT molecular complexity index is 478. The molecular formula is C12H11F2NO2. The SMILES string of the molecule is CCOC(=O)c1cc(C#N)cc(C(F)F)c1C. The Labute approximate surface area is 97.6 Å². The zero-order valence-corrected chi connectivity index (χ0v) is 9.46. The van der Waals surface area contributed by atoms with E-state index in [4.69, 9.17) is 10.00 Å². The third-order valence-electron chi connectivity index (χ3n) is 2.31. The maximum absolute atomic E-state index is 12.7. The van der Waals surface area contributed by atoms with Gasteiger partial charge in [-0.05, 0) is 31.5 Å². The van der Waals surface area contributed by atoms with Gasteiger partial charge < -0.3 is 4.74 Å². The van der Waals surface area contributed by atoms with Crippen molar-refractivity contribution in [1.29, 1.82) is 5.26 Å². The fourth-order valence-corrected chi connectivity index (χ4v) is 1.45. The summed E-state index contributed by atoms with van der Waals surface area (Å²) in [5.41, 5.74) is -0.125. The van der Waals surface area contributed by atoms with E-state index in [2.05, 4.69) is 0 Å². The van der Waals surface area contributed by atoms with Crippen LogP contribution in [0.5, 0.6) is 0 Å². The largest absolute Gasteiger partial charge is 0.462 e. The van der Waals surface area contributed by atoms with Crippen molar-refractivity contribution < 1.29 is 18.3 Å². The Kier molecular flexibility index (Phi) is 4.16. The number of nitrogens with zero attached hydrogens (tertiary/aromatic N) is 1. The number of nitriles is 1. The molecule has 1 rings (SSSR count). The summed E-state index contributed by atoms with van der Waals surface area (Å²) in [7, 11) is 0. The van der Waals surface area contributed by atoms with Crippen molar-refractivity contribution in [3.8, 4) is 6.07 Å². The topological polar surface area (TPSA) is 50.1 Å². The summed E-state index contributed by atoms with van der Waals surface area (Å²) in [5, 5.41) is 8.72. The van der Waals surface area contributed by atoms with Crippen LogP contribution in [0, 0.1) is 18.3 Å². The number of esters is 1. The maximum atomic E-state index is 12.7. The molecule has 1 aromatic rings. The number of carbonyl (C=O) groups excluding carboxylic acids is 1. The number of benzene rings is 1. The van der Waals surface area contributed by atoms with E-state index >= 15 is 0 Å². The van der Waals surface area contributed by atoms with Crippen LogP contribution in [0.2, 0.25) is 0 Å². The average molecular weight is 239 g/mol. The van der Waals surface area contributed by atoms with Crippen LogP contribution < -0.4 is 0 Å². The average Bonchev–Trinajstić information content (AvgIpc) is 2.29. The first-order chi connectivity index (χ1) is 8.01. The highest BCUT2D eigenvalue weighted by Crippen LogP contribution is 2.26. The molecule has 0 N–H and O–H groups in total. The highest BCUT2D eigenvalue weighted by molar-refractivity contribution is 5.92. The van der Waals surface area contributed by atoms with E-state index in [0.29, 0.717) is 0 Å². The van der Waals surface area contributed by atoms with Crippen LogP contribution in [0.15, 0.2) is 12.1 Å². The molecule has 90 valence electrons. The number of hydrogen-bond donors (Lipinski definition) is 0. The third kappa shape index (κ3) is 2.78. The molecule has 3 nitrogen and oxygen atoms in total. The fraction of sp³-hybridized carbons (Fsp3) is 0.333. The minimum atomic E-state index is -2.73. The summed E-state index contributed by atoms with van der Waals surface area (Å²) in [5.74, 6) is -0.691. The number of ether oxygens (including phenoxy) is 1. The summed E-state index contributed by atoms with van der Waals surface area (Å²) in [6.07, 6.45) is -2.73. The second-order valence-electron chi connectivity index (χ2n) is 3.37. The highest BCUT2D eigenvalue weighted by Gasteiger charge is 2.19. The molecule has 0 aliphatic rings. The van der Waals surface area contributed by atoms with E-state index in [1.165, 1.54) is 13.0 Å². The Balaban J connectivity index is 3.35. The predicted molar refractivity (Wildman–Crippen MR) is 56.8 cm³/mol. The number of halogens is 2. The molecule has 0 aliphatic heterocycles. The van der Waals surface area contributed by atoms with E-state index in [0.717, 1.165) is 6.07 Å². The van der Waals surface area contributed by atoms with Gasteiger partial charge in [-0.2, -0.15) is 5.26 Å². The van der Waals surface area contributed by atoms with Gasteiger partial charge in [0.15, 0.2) is 0 Å². The molecule has 0 spiro atoms. The van der Waals surface area contributed by atoms with Crippen LogP contribution in [-0.2, 0) is 4.74 Å². The molecule has 0 aromatic heterocycles. The van der Waals surface area contributed by atoms with Gasteiger partial charge >= 0.3 is 5.97 Å². The van der Waals surface area contributed by atoms with E-state index in [9.17, 15) is 13.6 Å². The van der Waals surface area contributed by atoms with Gasteiger partial charge in [-0.25, -0.2) is 13.6 Å². The zero-order chi connectivity index (χ0) is 13.0. The Morgan fingerprint density at radius 2 is 2.18 bits per heavy atom. The second kappa shape index (κ2) is 5.39. The van der Waals surface area contributed by atoms with Gasteiger partial charge in [-0.15, -0.1) is 0 Å². The molecule has 0 saturated heterocycles. The van der Waals surface area contributed by atoms with Gasteiger partial charge in [0.05, 0.1) is 23.8 Å². The first kappa shape index (κ1) is 13.1. The van der Waals surface area contributed by atoms with Crippen LogP contribution in [-0.4, -0.2) is 12.6 Å². The smallest absolute Gasteiger partial charge is 0.338 e. The molecule has 0 unspecified atom stereocenters. The maximum Gasteiger partial charge on any atom is 0.338 e. The van der Waals surface area contributed by atoms with E-state index in [-0.39, 0.29) is 28.9 Å². The fourth-order valence-electron chi connectivity index (χ4n) is 1.45. The molecule has 0 radical (unpaired) electrons. The molecule has 0 atom stereocenters. The van der Waals surface area contributed by atoms with Gasteiger partial charge in [0.25, 0.3) is 6.43 Å². The minimum Gasteiger partial charge on any atom is -0.462 e. The minimum absolute atomic E-state index is 0.0150. The van der Waals surface area contributed by atoms with Crippen molar-refractivity contribution >= 4 is 5.97 Å². The summed E-state index contributed by atoms with van der Waals surface area (Å²) in [6.45, 7) is 3.18. The van der Waals surface area contributed by atoms with Crippen molar-refractivity contribution in [2.45, 2.75) is 20.3 Å². The molecule has 5 heteroatoms. The van der Waals surface area contributed by atoms with Crippen molar-refractivity contribution in [1.82, 2.24) is 0 Å². The van der Waals surface area contributed by atoms with Crippen LogP contribution >= 0.6 is 0 Å². The Hall–Kier alpha value is -1.96. The Morgan fingerprint density at radius 3 is 2.65 bits per heavy atom. The Morgan fingerprint density at radius 1 is 1.53 bits per heavy atom. The van der Waals surface area contributed by atoms with E-state index in [1.807, 2.05) is 0 Å². The number of carbonyl (C=O) groups is 1. The van der Waals surface area contributed by atoms with Crippen molar-refractivity contribution in [3.05, 3.63) is 34.4 Å². The quantitative estimate of drug-likeness (QED) is 0.762. The van der Waals surface area contributed by atoms with Crippen molar-refractivity contribution in [2.24, 2.45) is 0 Å². The van der Waals surface area contributed by atoms with Crippen LogP contribution in [0.4, 0.5) is 8.78 Å². The van der Waals surface area contributed by atoms with Gasteiger partial charge in [-0.3, -0.25) is 0 Å². The molecule has 0 bridgehead atoms. The van der Waals surface area contributed by atoms with Crippen molar-refractivity contribution in [2.75, 3.05) is 6.61 Å². The summed E-state index contributed by atoms with van der Waals surface area (Å²) < 4.78 is 30.2. The number of alkyl halides is 2. The van der Waals surface area contributed by atoms with Gasteiger partial charge in [0, 0.05) is 5.56 Å². The van der Waals surface area contributed by atoms with Gasteiger partial charge in [0.1, 0.15) is 0 Å². The van der Waals surface area contributed by atoms with E-state index in [1.54, 1.807) is 13.0 Å². The molecule has 0 fully saturated rings. The molecule has 17 heavy (non-hydrogen) atoms. The first-order valence-corrected chi connectivity index (χ1v) is 5.01. The molecule has 0 saturated carbocycles. The summed E-state index contributed by atoms with van der Waals surface area (Å²) >= 11 is 0. The lowest BCUT2D eigenvalue weighted by molar-refractivity contribution is 0.0525. The lowest BCUT2D eigenvalue weighted by Crippen LogP contribution is -2.09.